The summed E-state index contributed by atoms with van der Waals surface area (Å²) in [5.74, 6) is -0.223. The zero-order valence-electron chi connectivity index (χ0n) is 13.5. The summed E-state index contributed by atoms with van der Waals surface area (Å²) in [6.45, 7) is 8.83. The van der Waals surface area contributed by atoms with Crippen LogP contribution in [0.2, 0.25) is 0 Å². The predicted molar refractivity (Wildman–Crippen MR) is 87.1 cm³/mol. The molecule has 1 atom stereocenters. The number of carbonyl (C=O) groups is 1. The minimum absolute atomic E-state index is 0.223. The number of anilines is 1. The van der Waals surface area contributed by atoms with Gasteiger partial charge in [-0.2, -0.15) is 0 Å². The van der Waals surface area contributed by atoms with Crippen LogP contribution in [-0.2, 0) is 20.7 Å². The average molecular weight is 306 g/mol. The van der Waals surface area contributed by atoms with Gasteiger partial charge >= 0.3 is 5.97 Å². The molecule has 0 aromatic heterocycles. The Morgan fingerprint density at radius 3 is 2.64 bits per heavy atom. The van der Waals surface area contributed by atoms with E-state index in [1.54, 1.807) is 0 Å². The summed E-state index contributed by atoms with van der Waals surface area (Å²) in [5.41, 5.74) is 2.25. The molecule has 122 valence electrons. The molecule has 1 aromatic rings. The van der Waals surface area contributed by atoms with Crippen molar-refractivity contribution in [3.05, 3.63) is 29.8 Å². The van der Waals surface area contributed by atoms with E-state index in [1.165, 1.54) is 5.56 Å². The van der Waals surface area contributed by atoms with Gasteiger partial charge in [-0.15, -0.1) is 0 Å². The van der Waals surface area contributed by atoms with E-state index in [9.17, 15) is 4.79 Å². The van der Waals surface area contributed by atoms with Gasteiger partial charge in [0.15, 0.2) is 0 Å². The minimum Gasteiger partial charge on any atom is -0.464 e. The monoisotopic (exact) mass is 306 g/mol. The topological polar surface area (TPSA) is 50.8 Å². The molecular formula is C17H26N2O3. The number of benzene rings is 1. The van der Waals surface area contributed by atoms with Crippen LogP contribution in [0.25, 0.3) is 0 Å². The van der Waals surface area contributed by atoms with Crippen molar-refractivity contribution in [1.29, 1.82) is 0 Å². The highest BCUT2D eigenvalue weighted by Gasteiger charge is 2.13. The Bertz CT molecular complexity index is 455. The molecule has 22 heavy (non-hydrogen) atoms. The quantitative estimate of drug-likeness (QED) is 0.780. The molecule has 1 heterocycles. The molecule has 1 unspecified atom stereocenters. The van der Waals surface area contributed by atoms with Crippen molar-refractivity contribution in [3.8, 4) is 0 Å². The fourth-order valence-electron chi connectivity index (χ4n) is 2.46. The summed E-state index contributed by atoms with van der Waals surface area (Å²) in [6.07, 6.45) is 1.04. The van der Waals surface area contributed by atoms with Gasteiger partial charge < -0.3 is 14.8 Å². The van der Waals surface area contributed by atoms with Crippen molar-refractivity contribution in [2.24, 2.45) is 0 Å². The first-order chi connectivity index (χ1) is 10.7. The van der Waals surface area contributed by atoms with Crippen molar-refractivity contribution in [1.82, 2.24) is 4.90 Å². The molecule has 1 aliphatic heterocycles. The largest absolute Gasteiger partial charge is 0.464 e. The molecule has 2 rings (SSSR count). The van der Waals surface area contributed by atoms with Crippen molar-refractivity contribution in [2.45, 2.75) is 26.3 Å². The van der Waals surface area contributed by atoms with Crippen LogP contribution in [0, 0.1) is 0 Å². The smallest absolute Gasteiger partial charge is 0.328 e. The second kappa shape index (κ2) is 8.76. The fraction of sp³-hybridized carbons (Fsp3) is 0.588. The highest BCUT2D eigenvalue weighted by atomic mass is 16.5. The highest BCUT2D eigenvalue weighted by Crippen LogP contribution is 2.12. The van der Waals surface area contributed by atoms with Crippen molar-refractivity contribution < 1.29 is 14.3 Å². The Morgan fingerprint density at radius 1 is 1.32 bits per heavy atom. The molecule has 0 bridgehead atoms. The first kappa shape index (κ1) is 16.8. The molecule has 5 nitrogen and oxygen atoms in total. The molecule has 1 fully saturated rings. The summed E-state index contributed by atoms with van der Waals surface area (Å²) in [7, 11) is 0. The van der Waals surface area contributed by atoms with Crippen molar-refractivity contribution >= 4 is 11.7 Å². The summed E-state index contributed by atoms with van der Waals surface area (Å²) in [4.78, 5) is 14.0. The molecular weight excluding hydrogens is 280 g/mol. The fourth-order valence-corrected chi connectivity index (χ4v) is 2.46. The molecule has 1 saturated heterocycles. The van der Waals surface area contributed by atoms with Crippen LogP contribution in [0.15, 0.2) is 24.3 Å². The van der Waals surface area contributed by atoms with E-state index in [1.807, 2.05) is 26.0 Å². The number of rotatable bonds is 7. The maximum absolute atomic E-state index is 11.6. The van der Waals surface area contributed by atoms with E-state index in [0.717, 1.165) is 45.0 Å². The number of carbonyl (C=O) groups excluding carboxylic acids is 1. The lowest BCUT2D eigenvalue weighted by Gasteiger charge is -2.26. The van der Waals surface area contributed by atoms with E-state index < -0.39 is 0 Å². The molecule has 0 aliphatic carbocycles. The van der Waals surface area contributed by atoms with Gasteiger partial charge in [0.2, 0.25) is 0 Å². The van der Waals surface area contributed by atoms with Crippen molar-refractivity contribution in [2.75, 3.05) is 44.8 Å². The average Bonchev–Trinajstić information content (AvgIpc) is 2.55. The number of morpholine rings is 1. The molecule has 0 amide bonds. The Kier molecular flexibility index (Phi) is 6.68. The number of ether oxygens (including phenoxy) is 2. The van der Waals surface area contributed by atoms with Gasteiger partial charge in [0.05, 0.1) is 19.8 Å². The molecule has 5 heteroatoms. The SMILES string of the molecule is CCOC(=O)C(C)Nc1ccc(CCN2CCOCC2)cc1. The molecule has 0 radical (unpaired) electrons. The third-order valence-electron chi connectivity index (χ3n) is 3.80. The molecule has 1 aromatic carbocycles. The normalized spacial score (nSPS) is 17.0. The van der Waals surface area contributed by atoms with E-state index in [2.05, 4.69) is 22.3 Å². The van der Waals surface area contributed by atoms with Crippen LogP contribution in [0.3, 0.4) is 0 Å². The lowest BCUT2D eigenvalue weighted by atomic mass is 10.1. The van der Waals surface area contributed by atoms with E-state index >= 15 is 0 Å². The van der Waals surface area contributed by atoms with Crippen LogP contribution in [0.1, 0.15) is 19.4 Å². The summed E-state index contributed by atoms with van der Waals surface area (Å²) < 4.78 is 10.3. The van der Waals surface area contributed by atoms with Gasteiger partial charge in [0, 0.05) is 25.3 Å². The van der Waals surface area contributed by atoms with Crippen molar-refractivity contribution in [3.63, 3.8) is 0 Å². The second-order valence-electron chi connectivity index (χ2n) is 5.52. The first-order valence-electron chi connectivity index (χ1n) is 8.01. The van der Waals surface area contributed by atoms with Crippen LogP contribution in [-0.4, -0.2) is 56.4 Å². The Morgan fingerprint density at radius 2 is 2.00 bits per heavy atom. The maximum Gasteiger partial charge on any atom is 0.328 e. The third kappa shape index (κ3) is 5.31. The van der Waals surface area contributed by atoms with Gasteiger partial charge in [0.1, 0.15) is 6.04 Å². The van der Waals surface area contributed by atoms with Gasteiger partial charge in [0.25, 0.3) is 0 Å². The summed E-state index contributed by atoms with van der Waals surface area (Å²) in [5, 5.41) is 3.16. The molecule has 1 aliphatic rings. The molecule has 0 saturated carbocycles. The standard InChI is InChI=1S/C17H26N2O3/c1-3-22-17(20)14(2)18-16-6-4-15(5-7-16)8-9-19-10-12-21-13-11-19/h4-7,14,18H,3,8-13H2,1-2H3. The number of esters is 1. The minimum atomic E-state index is -0.334. The van der Waals surface area contributed by atoms with E-state index in [0.29, 0.717) is 6.61 Å². The number of nitrogens with zero attached hydrogens (tertiary/aromatic N) is 1. The van der Waals surface area contributed by atoms with Crippen LogP contribution < -0.4 is 5.32 Å². The zero-order chi connectivity index (χ0) is 15.8. The number of hydrogen-bond donors (Lipinski definition) is 1. The lowest BCUT2D eigenvalue weighted by molar-refractivity contribution is -0.143. The molecule has 1 N–H and O–H groups in total. The maximum atomic E-state index is 11.6. The summed E-state index contributed by atoms with van der Waals surface area (Å²) >= 11 is 0. The Labute approximate surface area is 132 Å². The Balaban J connectivity index is 1.78. The van der Waals surface area contributed by atoms with Gasteiger partial charge in [-0.3, -0.25) is 4.90 Å². The third-order valence-corrected chi connectivity index (χ3v) is 3.80. The zero-order valence-corrected chi connectivity index (χ0v) is 13.5. The van der Waals surface area contributed by atoms with Gasteiger partial charge in [-0.1, -0.05) is 12.1 Å². The van der Waals surface area contributed by atoms with E-state index in [-0.39, 0.29) is 12.0 Å². The Hall–Kier alpha value is -1.59. The first-order valence-corrected chi connectivity index (χ1v) is 8.01. The second-order valence-corrected chi connectivity index (χ2v) is 5.52. The van der Waals surface area contributed by atoms with Crippen LogP contribution in [0.4, 0.5) is 5.69 Å². The lowest BCUT2D eigenvalue weighted by Crippen LogP contribution is -2.37. The van der Waals surface area contributed by atoms with Gasteiger partial charge in [-0.05, 0) is 38.0 Å². The molecule has 0 spiro atoms. The highest BCUT2D eigenvalue weighted by molar-refractivity contribution is 5.78. The van der Waals surface area contributed by atoms with Gasteiger partial charge in [-0.25, -0.2) is 4.79 Å². The van der Waals surface area contributed by atoms with Crippen LogP contribution in [0.5, 0.6) is 0 Å². The van der Waals surface area contributed by atoms with E-state index in [4.69, 9.17) is 9.47 Å². The summed E-state index contributed by atoms with van der Waals surface area (Å²) in [6, 6.07) is 7.93. The predicted octanol–water partition coefficient (Wildman–Crippen LogP) is 1.92. The number of nitrogens with one attached hydrogen (secondary N) is 1. The van der Waals surface area contributed by atoms with Crippen LogP contribution >= 0.6 is 0 Å². The number of hydrogen-bond acceptors (Lipinski definition) is 5.